The summed E-state index contributed by atoms with van der Waals surface area (Å²) in [5.74, 6) is 2.05. The molecule has 2 saturated carbocycles. The molecular weight excluding hydrogens is 326 g/mol. The van der Waals surface area contributed by atoms with Gasteiger partial charge in [0.25, 0.3) is 5.91 Å². The molecule has 138 valence electrons. The number of anilines is 1. The van der Waals surface area contributed by atoms with Crippen LogP contribution in [0, 0.1) is 24.7 Å². The first-order chi connectivity index (χ1) is 12.5. The maximum absolute atomic E-state index is 12.7. The molecule has 1 aromatic rings. The number of hydrazone groups is 1. The number of nitrogens with zero attached hydrogens (tertiary/aromatic N) is 2. The zero-order valence-corrected chi connectivity index (χ0v) is 15.6. The van der Waals surface area contributed by atoms with Gasteiger partial charge < -0.3 is 5.32 Å². The molecule has 0 spiro atoms. The van der Waals surface area contributed by atoms with Crippen LogP contribution in [0.5, 0.6) is 0 Å². The molecule has 2 aliphatic carbocycles. The Labute approximate surface area is 154 Å². The van der Waals surface area contributed by atoms with E-state index in [0.717, 1.165) is 23.1 Å². The number of nitrogens with one attached hydrogen (secondary N) is 1. The largest absolute Gasteiger partial charge is 0.348 e. The lowest BCUT2D eigenvalue weighted by Crippen LogP contribution is -2.45. The van der Waals surface area contributed by atoms with Crippen molar-refractivity contribution in [2.45, 2.75) is 58.4 Å². The molecule has 0 radical (unpaired) electrons. The molecule has 26 heavy (non-hydrogen) atoms. The summed E-state index contributed by atoms with van der Waals surface area (Å²) in [6.07, 6.45) is 5.99. The predicted octanol–water partition coefficient (Wildman–Crippen LogP) is 3.42. The molecule has 4 atom stereocenters. The van der Waals surface area contributed by atoms with E-state index in [1.807, 2.05) is 31.2 Å². The molecule has 5 nitrogen and oxygen atoms in total. The lowest BCUT2D eigenvalue weighted by molar-refractivity contribution is -0.119. The highest BCUT2D eigenvalue weighted by Gasteiger charge is 2.42. The highest BCUT2D eigenvalue weighted by atomic mass is 16.2. The normalized spacial score (nSPS) is 28.8. The minimum Gasteiger partial charge on any atom is -0.348 e. The molecule has 4 unspecified atom stereocenters. The molecule has 0 saturated heterocycles. The van der Waals surface area contributed by atoms with Gasteiger partial charge in [-0.15, -0.1) is 0 Å². The lowest BCUT2D eigenvalue weighted by Gasteiger charge is -2.29. The van der Waals surface area contributed by atoms with Crippen molar-refractivity contribution >= 4 is 23.2 Å². The smallest absolute Gasteiger partial charge is 0.267 e. The number of rotatable bonds is 4. The Balaban J connectivity index is 1.46. The first-order valence-electron chi connectivity index (χ1n) is 9.79. The van der Waals surface area contributed by atoms with E-state index in [1.165, 1.54) is 30.7 Å². The van der Waals surface area contributed by atoms with Crippen LogP contribution in [0.1, 0.15) is 51.0 Å². The van der Waals surface area contributed by atoms with Crippen molar-refractivity contribution in [1.29, 1.82) is 0 Å². The first kappa shape index (κ1) is 17.3. The third-order valence-electron chi connectivity index (χ3n) is 6.33. The van der Waals surface area contributed by atoms with E-state index >= 15 is 0 Å². The zero-order chi connectivity index (χ0) is 18.3. The van der Waals surface area contributed by atoms with Crippen molar-refractivity contribution in [3.8, 4) is 0 Å². The highest BCUT2D eigenvalue weighted by Crippen LogP contribution is 2.49. The molecule has 2 fully saturated rings. The number of hydrogen-bond donors (Lipinski definition) is 1. The number of carbonyl (C=O) groups excluding carboxylic acids is 2. The third kappa shape index (κ3) is 3.27. The van der Waals surface area contributed by atoms with Crippen molar-refractivity contribution in [3.05, 3.63) is 29.8 Å². The van der Waals surface area contributed by atoms with Crippen molar-refractivity contribution in [2.24, 2.45) is 22.9 Å². The Morgan fingerprint density at radius 1 is 1.27 bits per heavy atom. The van der Waals surface area contributed by atoms with E-state index in [4.69, 9.17) is 0 Å². The van der Waals surface area contributed by atoms with Gasteiger partial charge >= 0.3 is 0 Å². The molecular formula is C21H27N3O2. The van der Waals surface area contributed by atoms with E-state index < -0.39 is 0 Å². The number of fused-ring (bicyclic) bond motifs is 2. The fourth-order valence-electron chi connectivity index (χ4n) is 4.98. The zero-order valence-electron chi connectivity index (χ0n) is 15.6. The number of benzene rings is 1. The minimum absolute atomic E-state index is 0.0618. The van der Waals surface area contributed by atoms with Crippen LogP contribution in [-0.2, 0) is 9.59 Å². The summed E-state index contributed by atoms with van der Waals surface area (Å²) in [7, 11) is 0. The average Bonchev–Trinajstić information content (AvgIpc) is 3.25. The van der Waals surface area contributed by atoms with E-state index in [9.17, 15) is 9.59 Å². The van der Waals surface area contributed by atoms with Gasteiger partial charge in [-0.3, -0.25) is 9.59 Å². The quantitative estimate of drug-likeness (QED) is 0.901. The predicted molar refractivity (Wildman–Crippen MR) is 102 cm³/mol. The highest BCUT2D eigenvalue weighted by molar-refractivity contribution is 6.40. The molecule has 1 aromatic carbocycles. The van der Waals surface area contributed by atoms with Crippen LogP contribution in [-0.4, -0.2) is 23.6 Å². The van der Waals surface area contributed by atoms with Gasteiger partial charge in [-0.05, 0) is 68.6 Å². The minimum atomic E-state index is -0.120. The Morgan fingerprint density at radius 2 is 2.12 bits per heavy atom. The summed E-state index contributed by atoms with van der Waals surface area (Å²) in [5, 5.41) is 8.94. The van der Waals surface area contributed by atoms with E-state index in [-0.39, 0.29) is 17.9 Å². The second-order valence-electron chi connectivity index (χ2n) is 8.19. The fourth-order valence-corrected chi connectivity index (χ4v) is 4.98. The summed E-state index contributed by atoms with van der Waals surface area (Å²) in [5.41, 5.74) is 2.24. The van der Waals surface area contributed by atoms with Crippen LogP contribution in [0.4, 0.5) is 5.69 Å². The number of amides is 2. The van der Waals surface area contributed by atoms with Crippen molar-refractivity contribution in [2.75, 3.05) is 5.01 Å². The summed E-state index contributed by atoms with van der Waals surface area (Å²) in [6.45, 7) is 4.10. The Kier molecular flexibility index (Phi) is 4.55. The first-order valence-corrected chi connectivity index (χ1v) is 9.79. The Bertz CT molecular complexity index is 757. The van der Waals surface area contributed by atoms with Gasteiger partial charge in [-0.1, -0.05) is 18.6 Å². The van der Waals surface area contributed by atoms with Gasteiger partial charge in [0.2, 0.25) is 5.91 Å². The Hall–Kier alpha value is -2.17. The molecule has 2 amide bonds. The second kappa shape index (κ2) is 6.86. The van der Waals surface area contributed by atoms with Crippen LogP contribution >= 0.6 is 0 Å². The summed E-state index contributed by atoms with van der Waals surface area (Å²) in [4.78, 5) is 25.0. The van der Waals surface area contributed by atoms with Gasteiger partial charge in [-0.25, -0.2) is 5.01 Å². The molecule has 1 N–H and O–H groups in total. The topological polar surface area (TPSA) is 61.8 Å². The molecule has 0 aromatic heterocycles. The van der Waals surface area contributed by atoms with Crippen LogP contribution in [0.15, 0.2) is 29.4 Å². The monoisotopic (exact) mass is 353 g/mol. The summed E-state index contributed by atoms with van der Waals surface area (Å²) >= 11 is 0. The molecule has 3 aliphatic rings. The van der Waals surface area contributed by atoms with Crippen LogP contribution in [0.3, 0.4) is 0 Å². The maximum Gasteiger partial charge on any atom is 0.267 e. The average molecular weight is 353 g/mol. The maximum atomic E-state index is 12.7. The van der Waals surface area contributed by atoms with Crippen LogP contribution in [0.25, 0.3) is 0 Å². The van der Waals surface area contributed by atoms with Crippen LogP contribution in [0.2, 0.25) is 0 Å². The number of aryl methyl sites for hydroxylation is 1. The van der Waals surface area contributed by atoms with Gasteiger partial charge in [0.1, 0.15) is 5.71 Å². The molecule has 5 heteroatoms. The molecule has 1 heterocycles. The van der Waals surface area contributed by atoms with Crippen molar-refractivity contribution in [3.63, 3.8) is 0 Å². The van der Waals surface area contributed by atoms with Gasteiger partial charge in [-0.2, -0.15) is 5.10 Å². The fraction of sp³-hybridized carbons (Fsp3) is 0.571. The van der Waals surface area contributed by atoms with E-state index in [2.05, 4.69) is 17.3 Å². The summed E-state index contributed by atoms with van der Waals surface area (Å²) in [6, 6.07) is 7.82. The SMILES string of the molecule is Cc1cccc(N2N=C(C(=O)NC(C)C3CC4CCC3C4)CCC2=O)c1. The van der Waals surface area contributed by atoms with Crippen molar-refractivity contribution in [1.82, 2.24) is 5.32 Å². The summed E-state index contributed by atoms with van der Waals surface area (Å²) < 4.78 is 0. The standard InChI is InChI=1S/C21H27N3O2/c1-13-4-3-5-17(10-13)24-20(25)9-8-19(23-24)21(26)22-14(2)18-12-15-6-7-16(18)11-15/h3-5,10,14-16,18H,6-9,11-12H2,1-2H3,(H,22,26). The molecule has 2 bridgehead atoms. The Morgan fingerprint density at radius 3 is 2.81 bits per heavy atom. The van der Waals surface area contributed by atoms with Crippen LogP contribution < -0.4 is 10.3 Å². The lowest BCUT2D eigenvalue weighted by atomic mass is 9.84. The van der Waals surface area contributed by atoms with Gasteiger partial charge in [0.05, 0.1) is 5.69 Å². The van der Waals surface area contributed by atoms with E-state index in [1.54, 1.807) is 0 Å². The molecule has 4 rings (SSSR count). The molecule has 1 aliphatic heterocycles. The van der Waals surface area contributed by atoms with Gasteiger partial charge in [0.15, 0.2) is 0 Å². The van der Waals surface area contributed by atoms with Crippen molar-refractivity contribution < 1.29 is 9.59 Å². The van der Waals surface area contributed by atoms with E-state index in [0.29, 0.717) is 24.5 Å². The number of carbonyl (C=O) groups is 2. The van der Waals surface area contributed by atoms with Gasteiger partial charge in [0, 0.05) is 18.9 Å². The second-order valence-corrected chi connectivity index (χ2v) is 8.19. The number of hydrogen-bond acceptors (Lipinski definition) is 3. The third-order valence-corrected chi connectivity index (χ3v) is 6.33.